The van der Waals surface area contributed by atoms with Gasteiger partial charge in [0.1, 0.15) is 4.75 Å². The minimum absolute atomic E-state index is 0.111. The van der Waals surface area contributed by atoms with Crippen LogP contribution in [0.3, 0.4) is 0 Å². The molecule has 1 fully saturated rings. The number of rotatable bonds is 3. The van der Waals surface area contributed by atoms with E-state index in [0.717, 1.165) is 19.1 Å². The van der Waals surface area contributed by atoms with E-state index in [4.69, 9.17) is 5.73 Å². The van der Waals surface area contributed by atoms with Crippen LogP contribution in [0.15, 0.2) is 0 Å². The Hall–Kier alpha value is -0.620. The number of carbonyl (C=O) groups is 1. The Labute approximate surface area is 110 Å². The van der Waals surface area contributed by atoms with Gasteiger partial charge in [0, 0.05) is 25.4 Å². The second-order valence-corrected chi connectivity index (χ2v) is 8.22. The van der Waals surface area contributed by atoms with E-state index in [-0.39, 0.29) is 17.9 Å². The van der Waals surface area contributed by atoms with Crippen molar-refractivity contribution in [1.29, 1.82) is 0 Å². The number of hydrogen-bond donors (Lipinski definition) is 1. The summed E-state index contributed by atoms with van der Waals surface area (Å²) >= 11 is 0. The molecule has 0 spiro atoms. The van der Waals surface area contributed by atoms with Gasteiger partial charge < -0.3 is 10.6 Å². The van der Waals surface area contributed by atoms with Crippen LogP contribution in [0, 0.1) is 5.92 Å². The van der Waals surface area contributed by atoms with Crippen LogP contribution in [-0.2, 0) is 14.6 Å². The van der Waals surface area contributed by atoms with Crippen molar-refractivity contribution in [3.05, 3.63) is 0 Å². The number of hydrogen-bond acceptors (Lipinski definition) is 4. The zero-order valence-corrected chi connectivity index (χ0v) is 12.5. The zero-order valence-electron chi connectivity index (χ0n) is 11.6. The lowest BCUT2D eigenvalue weighted by Gasteiger charge is -2.39. The van der Waals surface area contributed by atoms with Gasteiger partial charge in [-0.25, -0.2) is 8.42 Å². The maximum absolute atomic E-state index is 12.3. The molecule has 0 aromatic carbocycles. The Kier molecular flexibility index (Phi) is 4.43. The fourth-order valence-electron chi connectivity index (χ4n) is 2.21. The molecule has 18 heavy (non-hydrogen) atoms. The lowest BCUT2D eigenvalue weighted by Crippen LogP contribution is -2.56. The lowest BCUT2D eigenvalue weighted by molar-refractivity contribution is -0.135. The van der Waals surface area contributed by atoms with Crippen molar-refractivity contribution in [2.45, 2.75) is 44.4 Å². The van der Waals surface area contributed by atoms with Crippen LogP contribution in [0.25, 0.3) is 0 Å². The minimum atomic E-state index is -3.41. The van der Waals surface area contributed by atoms with Crippen molar-refractivity contribution < 1.29 is 13.2 Å². The van der Waals surface area contributed by atoms with Crippen molar-refractivity contribution in [3.63, 3.8) is 0 Å². The van der Waals surface area contributed by atoms with E-state index in [1.54, 1.807) is 4.90 Å². The molecule has 2 atom stereocenters. The van der Waals surface area contributed by atoms with Gasteiger partial charge in [0.15, 0.2) is 9.84 Å². The number of nitrogens with zero attached hydrogens (tertiary/aromatic N) is 1. The average molecular weight is 276 g/mol. The van der Waals surface area contributed by atoms with Crippen molar-refractivity contribution in [3.8, 4) is 0 Å². The van der Waals surface area contributed by atoms with Gasteiger partial charge >= 0.3 is 0 Å². The summed E-state index contributed by atoms with van der Waals surface area (Å²) in [5.41, 5.74) is 5.99. The fourth-order valence-corrected chi connectivity index (χ4v) is 2.65. The molecule has 6 heteroatoms. The van der Waals surface area contributed by atoms with Crippen LogP contribution in [0.1, 0.15) is 33.6 Å². The summed E-state index contributed by atoms with van der Waals surface area (Å²) in [5, 5.41) is 0. The molecular formula is C12H24N2O3S. The van der Waals surface area contributed by atoms with Gasteiger partial charge in [-0.15, -0.1) is 0 Å². The third kappa shape index (κ3) is 2.85. The highest BCUT2D eigenvalue weighted by molar-refractivity contribution is 7.92. The maximum Gasteiger partial charge on any atom is 0.243 e. The second-order valence-electron chi connectivity index (χ2n) is 5.65. The number of piperidine rings is 1. The molecule has 1 amide bonds. The van der Waals surface area contributed by atoms with E-state index >= 15 is 0 Å². The predicted molar refractivity (Wildman–Crippen MR) is 71.9 cm³/mol. The number of likely N-dealkylation sites (tertiary alicyclic amines) is 1. The van der Waals surface area contributed by atoms with Crippen LogP contribution in [0.4, 0.5) is 0 Å². The second kappa shape index (κ2) is 5.17. The van der Waals surface area contributed by atoms with E-state index in [2.05, 4.69) is 0 Å². The normalized spacial score (nSPS) is 26.2. The number of nitrogens with two attached hydrogens (primary N) is 1. The molecule has 0 saturated carbocycles. The molecule has 0 radical (unpaired) electrons. The van der Waals surface area contributed by atoms with Gasteiger partial charge in [-0.2, -0.15) is 0 Å². The van der Waals surface area contributed by atoms with Gasteiger partial charge in [-0.05, 0) is 26.2 Å². The molecule has 2 unspecified atom stereocenters. The molecule has 0 aliphatic carbocycles. The molecule has 1 rings (SSSR count). The van der Waals surface area contributed by atoms with Gasteiger partial charge in [0.2, 0.25) is 5.91 Å². The van der Waals surface area contributed by atoms with Crippen LogP contribution < -0.4 is 5.73 Å². The molecule has 1 aliphatic heterocycles. The topological polar surface area (TPSA) is 80.5 Å². The monoisotopic (exact) mass is 276 g/mol. The first-order chi connectivity index (χ1) is 8.11. The third-order valence-corrected chi connectivity index (χ3v) is 6.07. The molecule has 1 aliphatic rings. The van der Waals surface area contributed by atoms with E-state index in [9.17, 15) is 13.2 Å². The van der Waals surface area contributed by atoms with Crippen LogP contribution >= 0.6 is 0 Å². The Morgan fingerprint density at radius 3 is 2.44 bits per heavy atom. The third-order valence-electron chi connectivity index (χ3n) is 4.05. The molecular weight excluding hydrogens is 252 g/mol. The van der Waals surface area contributed by atoms with Crippen LogP contribution in [0.2, 0.25) is 0 Å². The Balaban J connectivity index is 2.86. The summed E-state index contributed by atoms with van der Waals surface area (Å²) in [4.78, 5) is 14.0. The Morgan fingerprint density at radius 1 is 1.44 bits per heavy atom. The highest BCUT2D eigenvalue weighted by Gasteiger charge is 2.43. The first-order valence-corrected chi connectivity index (χ1v) is 8.25. The van der Waals surface area contributed by atoms with E-state index in [1.807, 2.05) is 6.92 Å². The molecule has 1 heterocycles. The largest absolute Gasteiger partial charge is 0.341 e. The summed E-state index contributed by atoms with van der Waals surface area (Å²) in [6, 6.07) is 0.111. The van der Waals surface area contributed by atoms with E-state index in [1.165, 1.54) is 13.8 Å². The SMILES string of the molecule is CCC1CN(C(=O)C(C)(C)S(C)(=O)=O)CCC1N. The average Bonchev–Trinajstić information content (AvgIpc) is 2.27. The van der Waals surface area contributed by atoms with E-state index in [0.29, 0.717) is 13.1 Å². The summed E-state index contributed by atoms with van der Waals surface area (Å²) < 4.78 is 22.0. The molecule has 106 valence electrons. The van der Waals surface area contributed by atoms with Crippen molar-refractivity contribution >= 4 is 15.7 Å². The highest BCUT2D eigenvalue weighted by atomic mass is 32.2. The van der Waals surface area contributed by atoms with Gasteiger partial charge in [-0.1, -0.05) is 13.3 Å². The summed E-state index contributed by atoms with van der Waals surface area (Å²) in [7, 11) is -3.41. The molecule has 0 aromatic rings. The van der Waals surface area contributed by atoms with Crippen molar-refractivity contribution in [2.75, 3.05) is 19.3 Å². The Bertz CT molecular complexity index is 417. The molecule has 0 aromatic heterocycles. The Morgan fingerprint density at radius 2 is 2.00 bits per heavy atom. The lowest BCUT2D eigenvalue weighted by atomic mass is 9.90. The molecule has 0 bridgehead atoms. The van der Waals surface area contributed by atoms with Crippen molar-refractivity contribution in [2.24, 2.45) is 11.7 Å². The highest BCUT2D eigenvalue weighted by Crippen LogP contribution is 2.24. The fraction of sp³-hybridized carbons (Fsp3) is 0.917. The maximum atomic E-state index is 12.3. The number of carbonyl (C=O) groups excluding carboxylic acids is 1. The van der Waals surface area contributed by atoms with Crippen LogP contribution in [-0.4, -0.2) is 49.4 Å². The standard InChI is InChI=1S/C12H24N2O3S/c1-5-9-8-14(7-6-10(9)13)11(15)12(2,3)18(4,16)17/h9-10H,5-8,13H2,1-4H3. The van der Waals surface area contributed by atoms with Gasteiger partial charge in [0.25, 0.3) is 0 Å². The quantitative estimate of drug-likeness (QED) is 0.809. The predicted octanol–water partition coefficient (Wildman–Crippen LogP) is 0.395. The molecule has 5 nitrogen and oxygen atoms in total. The van der Waals surface area contributed by atoms with Gasteiger partial charge in [0.05, 0.1) is 0 Å². The summed E-state index contributed by atoms with van der Waals surface area (Å²) in [5.74, 6) is -0.0478. The summed E-state index contributed by atoms with van der Waals surface area (Å²) in [6.07, 6.45) is 2.76. The van der Waals surface area contributed by atoms with Crippen molar-refractivity contribution in [1.82, 2.24) is 4.90 Å². The zero-order chi connectivity index (χ0) is 14.1. The van der Waals surface area contributed by atoms with E-state index < -0.39 is 14.6 Å². The smallest absolute Gasteiger partial charge is 0.243 e. The molecule has 1 saturated heterocycles. The van der Waals surface area contributed by atoms with Gasteiger partial charge in [-0.3, -0.25) is 4.79 Å². The molecule has 2 N–H and O–H groups in total. The first-order valence-electron chi connectivity index (χ1n) is 6.35. The number of amides is 1. The van der Waals surface area contributed by atoms with Crippen LogP contribution in [0.5, 0.6) is 0 Å². The summed E-state index contributed by atoms with van der Waals surface area (Å²) in [6.45, 7) is 6.10. The minimum Gasteiger partial charge on any atom is -0.341 e. The number of sulfone groups is 1. The first kappa shape index (κ1) is 15.4.